The maximum Gasteiger partial charge on any atom is 0.416 e. The van der Waals surface area contributed by atoms with Crippen LogP contribution in [0.2, 0.25) is 10.0 Å². The molecule has 0 bridgehead atoms. The van der Waals surface area contributed by atoms with E-state index in [1.807, 2.05) is 0 Å². The number of hydrogen-bond donors (Lipinski definition) is 3. The fourth-order valence-corrected chi connectivity index (χ4v) is 2.73. The molecule has 0 radical (unpaired) electrons. The second-order valence-corrected chi connectivity index (χ2v) is 7.40. The Morgan fingerprint density at radius 1 is 1.19 bits per heavy atom. The van der Waals surface area contributed by atoms with Gasteiger partial charge in [-0.2, -0.15) is 13.2 Å². The lowest BCUT2D eigenvalue weighted by molar-refractivity contribution is -0.137. The third kappa shape index (κ3) is 6.83. The van der Waals surface area contributed by atoms with Crippen LogP contribution >= 0.6 is 23.2 Å². The lowest BCUT2D eigenvalue weighted by Gasteiger charge is -2.22. The first-order valence-electron chi connectivity index (χ1n) is 7.61. The number of aliphatic hydroxyl groups excluding tert-OH is 2. The van der Waals surface area contributed by atoms with Gasteiger partial charge in [0.15, 0.2) is 0 Å². The number of rotatable bonds is 5. The van der Waals surface area contributed by atoms with Crippen LogP contribution < -0.4 is 5.32 Å². The van der Waals surface area contributed by atoms with Crippen LogP contribution in [0.15, 0.2) is 12.1 Å². The molecule has 5 nitrogen and oxygen atoms in total. The molecule has 1 aromatic carbocycles. The summed E-state index contributed by atoms with van der Waals surface area (Å²) in [5.41, 5.74) is -1.97. The second-order valence-electron chi connectivity index (χ2n) is 6.58. The molecule has 148 valence electrons. The Hall–Kier alpha value is -1.22. The number of benzene rings is 1. The Balaban J connectivity index is 2.74. The quantitative estimate of drug-likeness (QED) is 0.666. The van der Waals surface area contributed by atoms with Crippen LogP contribution in [0.3, 0.4) is 0 Å². The average Bonchev–Trinajstić information content (AvgIpc) is 2.43. The Morgan fingerprint density at radius 2 is 1.69 bits per heavy atom. The first-order valence-corrected chi connectivity index (χ1v) is 8.37. The maximum atomic E-state index is 12.7. The maximum absolute atomic E-state index is 12.7. The summed E-state index contributed by atoms with van der Waals surface area (Å²) >= 11 is 11.6. The molecule has 0 saturated heterocycles. The molecular formula is C16H20Cl2F3NO4. The third-order valence-corrected chi connectivity index (χ3v) is 3.80. The third-order valence-electron chi connectivity index (χ3n) is 3.17. The summed E-state index contributed by atoms with van der Waals surface area (Å²) in [6.45, 7) is 5.00. The molecule has 0 aliphatic heterocycles. The number of halogens is 5. The minimum absolute atomic E-state index is 0.0387. The number of carbonyl (C=O) groups excluding carboxylic acids is 1. The minimum Gasteiger partial charge on any atom is -0.444 e. The van der Waals surface area contributed by atoms with Gasteiger partial charge < -0.3 is 20.3 Å². The van der Waals surface area contributed by atoms with E-state index in [4.69, 9.17) is 27.9 Å². The summed E-state index contributed by atoms with van der Waals surface area (Å²) in [5.74, 6) is 0. The first kappa shape index (κ1) is 22.8. The Kier molecular flexibility index (Phi) is 7.59. The number of amides is 1. The van der Waals surface area contributed by atoms with E-state index in [0.29, 0.717) is 12.1 Å². The van der Waals surface area contributed by atoms with E-state index < -0.39 is 45.7 Å². The highest BCUT2D eigenvalue weighted by atomic mass is 35.5. The largest absolute Gasteiger partial charge is 0.444 e. The molecule has 1 aromatic rings. The van der Waals surface area contributed by atoms with Gasteiger partial charge in [-0.3, -0.25) is 0 Å². The Morgan fingerprint density at radius 3 is 2.12 bits per heavy atom. The number of nitrogens with one attached hydrogen (secondary N) is 1. The number of alkyl halides is 3. The average molecular weight is 418 g/mol. The number of hydrogen-bond acceptors (Lipinski definition) is 4. The van der Waals surface area contributed by atoms with Gasteiger partial charge in [0.2, 0.25) is 0 Å². The van der Waals surface area contributed by atoms with Gasteiger partial charge in [0.05, 0.1) is 11.7 Å². The van der Waals surface area contributed by atoms with Crippen molar-refractivity contribution in [2.75, 3.05) is 6.54 Å². The second kappa shape index (κ2) is 8.65. The van der Waals surface area contributed by atoms with Crippen molar-refractivity contribution >= 4 is 29.3 Å². The van der Waals surface area contributed by atoms with Gasteiger partial charge in [0.25, 0.3) is 0 Å². The monoisotopic (exact) mass is 417 g/mol. The Bertz CT molecular complexity index is 624. The van der Waals surface area contributed by atoms with E-state index >= 15 is 0 Å². The van der Waals surface area contributed by atoms with Gasteiger partial charge in [-0.15, -0.1) is 0 Å². The van der Waals surface area contributed by atoms with Gasteiger partial charge in [0, 0.05) is 22.2 Å². The van der Waals surface area contributed by atoms with Crippen molar-refractivity contribution in [2.45, 2.75) is 51.2 Å². The zero-order valence-electron chi connectivity index (χ0n) is 14.3. The van der Waals surface area contributed by atoms with Crippen molar-refractivity contribution < 1.29 is 32.9 Å². The molecular weight excluding hydrogens is 398 g/mol. The summed E-state index contributed by atoms with van der Waals surface area (Å²) < 4.78 is 43.2. The standard InChI is InChI=1S/C16H20Cl2F3NO4/c1-15(2,3)26-14(25)22-5-4-11(23)13(24)12-9(17)6-8(7-10(12)18)16(19,20)21/h6-7,11,13,23-24H,4-5H2,1-3H3,(H,22,25). The van der Waals surface area contributed by atoms with E-state index in [1.165, 1.54) is 0 Å². The highest BCUT2D eigenvalue weighted by Crippen LogP contribution is 2.39. The van der Waals surface area contributed by atoms with Gasteiger partial charge in [0.1, 0.15) is 11.7 Å². The molecule has 1 amide bonds. The molecule has 0 saturated carbocycles. The van der Waals surface area contributed by atoms with Crippen molar-refractivity contribution in [3.05, 3.63) is 33.3 Å². The zero-order valence-corrected chi connectivity index (χ0v) is 15.8. The molecule has 2 unspecified atom stereocenters. The van der Waals surface area contributed by atoms with Crippen LogP contribution in [0.4, 0.5) is 18.0 Å². The molecule has 1 rings (SSSR count). The molecule has 0 fully saturated rings. The zero-order chi connectivity index (χ0) is 20.3. The van der Waals surface area contributed by atoms with Crippen LogP contribution in [0, 0.1) is 0 Å². The summed E-state index contributed by atoms with van der Waals surface area (Å²) in [5, 5.41) is 21.7. The van der Waals surface area contributed by atoms with Crippen molar-refractivity contribution in [2.24, 2.45) is 0 Å². The highest BCUT2D eigenvalue weighted by Gasteiger charge is 2.33. The van der Waals surface area contributed by atoms with Crippen LogP contribution in [-0.2, 0) is 10.9 Å². The van der Waals surface area contributed by atoms with Crippen molar-refractivity contribution in [3.63, 3.8) is 0 Å². The fraction of sp³-hybridized carbons (Fsp3) is 0.562. The van der Waals surface area contributed by atoms with Crippen LogP contribution in [0.25, 0.3) is 0 Å². The topological polar surface area (TPSA) is 78.8 Å². The molecule has 0 heterocycles. The molecule has 10 heteroatoms. The molecule has 3 N–H and O–H groups in total. The van der Waals surface area contributed by atoms with E-state index in [0.717, 1.165) is 0 Å². The predicted octanol–water partition coefficient (Wildman–Crippen LogP) is 4.32. The Labute approximate surface area is 159 Å². The lowest BCUT2D eigenvalue weighted by Crippen LogP contribution is -2.34. The number of alkyl carbamates (subject to hydrolysis) is 1. The summed E-state index contributed by atoms with van der Waals surface area (Å²) in [6.07, 6.45) is -8.50. The summed E-state index contributed by atoms with van der Waals surface area (Å²) in [7, 11) is 0. The van der Waals surface area contributed by atoms with Crippen LogP contribution in [0.1, 0.15) is 44.4 Å². The van der Waals surface area contributed by atoms with E-state index in [9.17, 15) is 28.2 Å². The highest BCUT2D eigenvalue weighted by molar-refractivity contribution is 6.36. The minimum atomic E-state index is -4.65. The lowest BCUT2D eigenvalue weighted by atomic mass is 10.00. The molecule has 0 aliphatic rings. The normalized spacial score (nSPS) is 14.7. The molecule has 26 heavy (non-hydrogen) atoms. The molecule has 0 spiro atoms. The number of aliphatic hydroxyl groups is 2. The van der Waals surface area contributed by atoms with E-state index in [2.05, 4.69) is 5.32 Å². The molecule has 0 aromatic heterocycles. The van der Waals surface area contributed by atoms with Crippen molar-refractivity contribution in [1.82, 2.24) is 5.32 Å². The summed E-state index contributed by atoms with van der Waals surface area (Å²) in [4.78, 5) is 11.5. The van der Waals surface area contributed by atoms with Crippen LogP contribution in [-0.4, -0.2) is 34.6 Å². The SMILES string of the molecule is CC(C)(C)OC(=O)NCCC(O)C(O)c1c(Cl)cc(C(F)(F)F)cc1Cl. The van der Waals surface area contributed by atoms with E-state index in [1.54, 1.807) is 20.8 Å². The molecule has 0 aliphatic carbocycles. The van der Waals surface area contributed by atoms with Gasteiger partial charge in [-0.25, -0.2) is 4.79 Å². The van der Waals surface area contributed by atoms with Crippen LogP contribution in [0.5, 0.6) is 0 Å². The van der Waals surface area contributed by atoms with Gasteiger partial charge >= 0.3 is 12.3 Å². The summed E-state index contributed by atoms with van der Waals surface area (Å²) in [6, 6.07) is 1.25. The number of ether oxygens (including phenoxy) is 1. The smallest absolute Gasteiger partial charge is 0.416 e. The fourth-order valence-electron chi connectivity index (χ4n) is 2.02. The van der Waals surface area contributed by atoms with E-state index in [-0.39, 0.29) is 18.5 Å². The first-order chi connectivity index (χ1) is 11.7. The van der Waals surface area contributed by atoms with Gasteiger partial charge in [-0.05, 0) is 39.3 Å². The predicted molar refractivity (Wildman–Crippen MR) is 91.3 cm³/mol. The van der Waals surface area contributed by atoms with Crippen molar-refractivity contribution in [3.8, 4) is 0 Å². The number of carbonyl (C=O) groups is 1. The van der Waals surface area contributed by atoms with Gasteiger partial charge in [-0.1, -0.05) is 23.2 Å². The molecule has 2 atom stereocenters. The van der Waals surface area contributed by atoms with Crippen molar-refractivity contribution in [1.29, 1.82) is 0 Å².